The molecule has 130 valence electrons. The van der Waals surface area contributed by atoms with Gasteiger partial charge in [0, 0.05) is 5.69 Å². The summed E-state index contributed by atoms with van der Waals surface area (Å²) in [5.74, 6) is 0.0854. The van der Waals surface area contributed by atoms with Crippen molar-refractivity contribution < 1.29 is 4.79 Å². The Morgan fingerprint density at radius 2 is 1.88 bits per heavy atom. The maximum atomic E-state index is 12.3. The Balaban J connectivity index is 1.71. The van der Waals surface area contributed by atoms with Gasteiger partial charge in [-0.25, -0.2) is 0 Å². The Morgan fingerprint density at radius 1 is 1.20 bits per heavy atom. The summed E-state index contributed by atoms with van der Waals surface area (Å²) in [6, 6.07) is 4.08. The van der Waals surface area contributed by atoms with E-state index in [1.807, 2.05) is 32.9 Å². The number of benzene rings is 1. The second-order valence-corrected chi connectivity index (χ2v) is 7.94. The number of carbonyl (C=O) groups is 1. The molecule has 0 unspecified atom stereocenters. The van der Waals surface area contributed by atoms with E-state index >= 15 is 0 Å². The van der Waals surface area contributed by atoms with Crippen LogP contribution in [0.4, 0.5) is 5.69 Å². The molecule has 1 N–H and O–H groups in total. The van der Waals surface area contributed by atoms with E-state index in [0.29, 0.717) is 15.0 Å². The number of hydrogen-bond donors (Lipinski definition) is 1. The van der Waals surface area contributed by atoms with Crippen molar-refractivity contribution in [2.24, 2.45) is 0 Å². The van der Waals surface area contributed by atoms with Crippen LogP contribution < -0.4 is 10.9 Å². The van der Waals surface area contributed by atoms with Crippen molar-refractivity contribution in [3.05, 3.63) is 44.9 Å². The minimum Gasteiger partial charge on any atom is -0.325 e. The van der Waals surface area contributed by atoms with E-state index in [4.69, 9.17) is 0 Å². The minimum atomic E-state index is -0.288. The molecular formula is C16H17N5O2S2. The number of nitrogens with zero attached hydrogens (tertiary/aromatic N) is 4. The van der Waals surface area contributed by atoms with Gasteiger partial charge in [-0.1, -0.05) is 40.8 Å². The number of hydrogen-bond acceptors (Lipinski definition) is 7. The molecule has 0 aliphatic rings. The number of carbonyl (C=O) groups excluding carboxylic acids is 1. The summed E-state index contributed by atoms with van der Waals surface area (Å²) in [6.07, 6.45) is 0. The predicted octanol–water partition coefficient (Wildman–Crippen LogP) is 2.51. The molecule has 25 heavy (non-hydrogen) atoms. The SMILES string of the molecule is Cc1cc(C)c(NC(=O)CSc2nn3c(=O)c(C)nnc3s2)c(C)c1. The number of thioether (sulfide) groups is 1. The molecule has 0 radical (unpaired) electrons. The van der Waals surface area contributed by atoms with Crippen LogP contribution in [-0.2, 0) is 4.79 Å². The van der Waals surface area contributed by atoms with Gasteiger partial charge in [0.25, 0.3) is 5.56 Å². The van der Waals surface area contributed by atoms with Crippen LogP contribution in [0.1, 0.15) is 22.4 Å². The zero-order valence-corrected chi connectivity index (χ0v) is 15.9. The summed E-state index contributed by atoms with van der Waals surface area (Å²) in [7, 11) is 0. The van der Waals surface area contributed by atoms with Gasteiger partial charge >= 0.3 is 0 Å². The van der Waals surface area contributed by atoms with E-state index in [1.165, 1.54) is 33.2 Å². The van der Waals surface area contributed by atoms with E-state index in [1.54, 1.807) is 6.92 Å². The number of anilines is 1. The number of fused-ring (bicyclic) bond motifs is 1. The third kappa shape index (κ3) is 3.72. The monoisotopic (exact) mass is 375 g/mol. The molecule has 2 heterocycles. The molecule has 0 aliphatic heterocycles. The first-order valence-corrected chi connectivity index (χ1v) is 9.39. The van der Waals surface area contributed by atoms with Crippen LogP contribution in [0.25, 0.3) is 4.96 Å². The lowest BCUT2D eigenvalue weighted by Gasteiger charge is -2.12. The number of aromatic nitrogens is 4. The van der Waals surface area contributed by atoms with Crippen molar-refractivity contribution in [3.63, 3.8) is 0 Å². The molecule has 7 nitrogen and oxygen atoms in total. The summed E-state index contributed by atoms with van der Waals surface area (Å²) in [5.41, 5.74) is 4.09. The first kappa shape index (κ1) is 17.6. The molecule has 9 heteroatoms. The molecule has 2 aromatic heterocycles. The standard InChI is InChI=1S/C16H17N5O2S2/c1-8-5-9(2)13(10(3)6-8)17-12(22)7-24-16-20-21-14(23)11(4)18-19-15(21)25-16/h5-6H,7H2,1-4H3,(H,17,22). The van der Waals surface area contributed by atoms with Crippen LogP contribution in [0.2, 0.25) is 0 Å². The van der Waals surface area contributed by atoms with E-state index in [-0.39, 0.29) is 17.2 Å². The van der Waals surface area contributed by atoms with Crippen molar-refractivity contribution in [2.75, 3.05) is 11.1 Å². The molecule has 1 amide bonds. The van der Waals surface area contributed by atoms with E-state index in [9.17, 15) is 9.59 Å². The fourth-order valence-electron chi connectivity index (χ4n) is 2.51. The Bertz CT molecular complexity index is 1000. The van der Waals surface area contributed by atoms with Crippen LogP contribution in [0.3, 0.4) is 0 Å². The van der Waals surface area contributed by atoms with Crippen molar-refractivity contribution in [2.45, 2.75) is 32.0 Å². The second kappa shape index (κ2) is 6.93. The third-order valence-corrected chi connectivity index (χ3v) is 5.63. The quantitative estimate of drug-likeness (QED) is 0.705. The minimum absolute atomic E-state index is 0.117. The van der Waals surface area contributed by atoms with E-state index in [0.717, 1.165) is 16.8 Å². The zero-order valence-electron chi connectivity index (χ0n) is 14.3. The Kier molecular flexibility index (Phi) is 4.87. The van der Waals surface area contributed by atoms with Crippen LogP contribution in [0.15, 0.2) is 21.3 Å². The van der Waals surface area contributed by atoms with Crippen molar-refractivity contribution in [3.8, 4) is 0 Å². The Morgan fingerprint density at radius 3 is 2.56 bits per heavy atom. The van der Waals surface area contributed by atoms with Crippen molar-refractivity contribution in [1.29, 1.82) is 0 Å². The largest absolute Gasteiger partial charge is 0.325 e. The molecule has 1 aromatic carbocycles. The number of amides is 1. The zero-order chi connectivity index (χ0) is 18.1. The first-order valence-electron chi connectivity index (χ1n) is 7.59. The van der Waals surface area contributed by atoms with Gasteiger partial charge in [0.2, 0.25) is 10.9 Å². The molecule has 0 aliphatic carbocycles. The lowest BCUT2D eigenvalue weighted by atomic mass is 10.1. The number of rotatable bonds is 4. The average Bonchev–Trinajstić information content (AvgIpc) is 2.96. The normalized spacial score (nSPS) is 11.0. The van der Waals surface area contributed by atoms with Crippen molar-refractivity contribution in [1.82, 2.24) is 19.8 Å². The molecule has 3 aromatic rings. The van der Waals surface area contributed by atoms with Gasteiger partial charge in [0.1, 0.15) is 5.69 Å². The van der Waals surface area contributed by atoms with Crippen LogP contribution >= 0.6 is 23.1 Å². The van der Waals surface area contributed by atoms with Crippen LogP contribution in [-0.4, -0.2) is 31.5 Å². The highest BCUT2D eigenvalue weighted by molar-refractivity contribution is 8.01. The molecule has 0 bridgehead atoms. The van der Waals surface area contributed by atoms with Gasteiger partial charge in [-0.05, 0) is 38.8 Å². The lowest BCUT2D eigenvalue weighted by molar-refractivity contribution is -0.113. The summed E-state index contributed by atoms with van der Waals surface area (Å²) < 4.78 is 1.83. The third-order valence-electron chi connectivity index (χ3n) is 3.60. The van der Waals surface area contributed by atoms with Gasteiger partial charge in [0.15, 0.2) is 4.34 Å². The highest BCUT2D eigenvalue weighted by Gasteiger charge is 2.13. The Labute approximate surface area is 152 Å². The van der Waals surface area contributed by atoms with E-state index in [2.05, 4.69) is 20.6 Å². The fraction of sp³-hybridized carbons (Fsp3) is 0.312. The highest BCUT2D eigenvalue weighted by Crippen LogP contribution is 2.25. The van der Waals surface area contributed by atoms with Gasteiger partial charge in [-0.2, -0.15) is 4.52 Å². The van der Waals surface area contributed by atoms with E-state index < -0.39 is 0 Å². The number of nitrogens with one attached hydrogen (secondary N) is 1. The molecule has 0 atom stereocenters. The van der Waals surface area contributed by atoms with Crippen molar-refractivity contribution >= 4 is 39.7 Å². The average molecular weight is 375 g/mol. The van der Waals surface area contributed by atoms with Gasteiger partial charge in [-0.3, -0.25) is 9.59 Å². The lowest BCUT2D eigenvalue weighted by Crippen LogP contribution is -2.19. The molecule has 0 spiro atoms. The molecule has 0 fully saturated rings. The molecular weight excluding hydrogens is 358 g/mol. The smallest absolute Gasteiger partial charge is 0.296 e. The van der Waals surface area contributed by atoms with Crippen LogP contribution in [0.5, 0.6) is 0 Å². The maximum Gasteiger partial charge on any atom is 0.296 e. The predicted molar refractivity (Wildman–Crippen MR) is 99.7 cm³/mol. The summed E-state index contributed by atoms with van der Waals surface area (Å²) in [5, 5.41) is 14.9. The van der Waals surface area contributed by atoms with Gasteiger partial charge in [-0.15, -0.1) is 15.3 Å². The van der Waals surface area contributed by atoms with Crippen LogP contribution in [0, 0.1) is 27.7 Å². The Hall–Kier alpha value is -2.26. The van der Waals surface area contributed by atoms with Gasteiger partial charge in [0.05, 0.1) is 5.75 Å². The molecule has 3 rings (SSSR count). The highest BCUT2D eigenvalue weighted by atomic mass is 32.2. The summed E-state index contributed by atoms with van der Waals surface area (Å²) in [4.78, 5) is 24.6. The first-order chi connectivity index (χ1) is 11.8. The maximum absolute atomic E-state index is 12.3. The summed E-state index contributed by atoms with van der Waals surface area (Å²) >= 11 is 2.51. The van der Waals surface area contributed by atoms with Gasteiger partial charge < -0.3 is 5.32 Å². The summed E-state index contributed by atoms with van der Waals surface area (Å²) in [6.45, 7) is 7.57. The second-order valence-electron chi connectivity index (χ2n) is 5.76. The molecule has 0 saturated heterocycles. The number of aryl methyl sites for hydroxylation is 4. The fourth-order valence-corrected chi connectivity index (χ4v) is 4.19. The topological polar surface area (TPSA) is 89.3 Å². The molecule has 0 saturated carbocycles.